The van der Waals surface area contributed by atoms with Crippen LogP contribution in [0.1, 0.15) is 30.7 Å². The maximum absolute atomic E-state index is 12.0. The number of amides is 1. The predicted molar refractivity (Wildman–Crippen MR) is 76.5 cm³/mol. The zero-order valence-corrected chi connectivity index (χ0v) is 12.3. The van der Waals surface area contributed by atoms with Gasteiger partial charge in [-0.25, -0.2) is 0 Å². The first kappa shape index (κ1) is 14.5. The standard InChI is InChI=1S/C15H20N2O3/c1-9-5-11-12(17-20-13(11)6-10(9)2)7-14(19)16-15(3,4)8-18/h5-6,18H,7-8H2,1-4H3,(H,16,19). The number of carbonyl (C=O) groups is 1. The molecule has 0 saturated carbocycles. The highest BCUT2D eigenvalue weighted by Crippen LogP contribution is 2.23. The van der Waals surface area contributed by atoms with E-state index in [0.717, 1.165) is 16.5 Å². The van der Waals surface area contributed by atoms with Crippen molar-refractivity contribution >= 4 is 16.9 Å². The van der Waals surface area contributed by atoms with Crippen LogP contribution in [0.4, 0.5) is 0 Å². The third-order valence-electron chi connectivity index (χ3n) is 3.36. The summed E-state index contributed by atoms with van der Waals surface area (Å²) in [5.74, 6) is -0.183. The lowest BCUT2D eigenvalue weighted by Gasteiger charge is -2.23. The van der Waals surface area contributed by atoms with E-state index in [-0.39, 0.29) is 18.9 Å². The second-order valence-corrected chi connectivity index (χ2v) is 5.83. The molecule has 0 saturated heterocycles. The van der Waals surface area contributed by atoms with Crippen molar-refractivity contribution in [1.29, 1.82) is 0 Å². The smallest absolute Gasteiger partial charge is 0.226 e. The summed E-state index contributed by atoms with van der Waals surface area (Å²) in [7, 11) is 0. The molecule has 2 N–H and O–H groups in total. The molecule has 5 heteroatoms. The number of aryl methyl sites for hydroxylation is 2. The molecule has 1 aromatic heterocycles. The third-order valence-corrected chi connectivity index (χ3v) is 3.36. The van der Waals surface area contributed by atoms with Crippen LogP contribution in [0.15, 0.2) is 16.7 Å². The Labute approximate surface area is 118 Å². The fourth-order valence-electron chi connectivity index (χ4n) is 1.98. The monoisotopic (exact) mass is 276 g/mol. The summed E-state index contributed by atoms with van der Waals surface area (Å²) >= 11 is 0. The molecule has 0 aliphatic heterocycles. The van der Waals surface area contributed by atoms with Crippen molar-refractivity contribution in [1.82, 2.24) is 10.5 Å². The Morgan fingerprint density at radius 2 is 2.00 bits per heavy atom. The second-order valence-electron chi connectivity index (χ2n) is 5.83. The first-order chi connectivity index (χ1) is 9.32. The Balaban J connectivity index is 2.22. The first-order valence-electron chi connectivity index (χ1n) is 6.60. The highest BCUT2D eigenvalue weighted by Gasteiger charge is 2.21. The summed E-state index contributed by atoms with van der Waals surface area (Å²) in [6.07, 6.45) is 0.138. The molecule has 1 amide bonds. The van der Waals surface area contributed by atoms with E-state index in [9.17, 15) is 4.79 Å². The van der Waals surface area contributed by atoms with Gasteiger partial charge >= 0.3 is 0 Å². The van der Waals surface area contributed by atoms with Crippen LogP contribution in [0.2, 0.25) is 0 Å². The average Bonchev–Trinajstić information content (AvgIpc) is 2.72. The van der Waals surface area contributed by atoms with Gasteiger partial charge in [0, 0.05) is 5.39 Å². The van der Waals surface area contributed by atoms with E-state index in [0.29, 0.717) is 11.3 Å². The van der Waals surface area contributed by atoms with Crippen molar-refractivity contribution in [3.05, 3.63) is 29.0 Å². The maximum Gasteiger partial charge on any atom is 0.226 e. The molecule has 5 nitrogen and oxygen atoms in total. The van der Waals surface area contributed by atoms with Crippen LogP contribution >= 0.6 is 0 Å². The van der Waals surface area contributed by atoms with Gasteiger partial charge in [-0.3, -0.25) is 4.79 Å². The number of aromatic nitrogens is 1. The minimum absolute atomic E-state index is 0.114. The molecule has 0 fully saturated rings. The lowest BCUT2D eigenvalue weighted by molar-refractivity contribution is -0.122. The largest absolute Gasteiger partial charge is 0.394 e. The molecule has 108 valence electrons. The normalized spacial score (nSPS) is 11.8. The Kier molecular flexibility index (Phi) is 3.81. The van der Waals surface area contributed by atoms with Gasteiger partial charge in [-0.2, -0.15) is 0 Å². The predicted octanol–water partition coefficient (Wildman–Crippen LogP) is 1.87. The SMILES string of the molecule is Cc1cc2onc(CC(=O)NC(C)(C)CO)c2cc1C. The average molecular weight is 276 g/mol. The molecule has 0 unspecified atom stereocenters. The summed E-state index contributed by atoms with van der Waals surface area (Å²) in [5.41, 5.74) is 2.94. The highest BCUT2D eigenvalue weighted by molar-refractivity contribution is 5.87. The van der Waals surface area contributed by atoms with Crippen LogP contribution in [0.5, 0.6) is 0 Å². The number of fused-ring (bicyclic) bond motifs is 1. The number of carbonyl (C=O) groups excluding carboxylic acids is 1. The molecular formula is C15H20N2O3. The van der Waals surface area contributed by atoms with Gasteiger partial charge in [-0.15, -0.1) is 0 Å². The minimum atomic E-state index is -0.636. The summed E-state index contributed by atoms with van der Waals surface area (Å²) in [6, 6.07) is 3.91. The van der Waals surface area contributed by atoms with Gasteiger partial charge in [0.2, 0.25) is 5.91 Å². The number of hydrogen-bond donors (Lipinski definition) is 2. The molecule has 1 heterocycles. The summed E-state index contributed by atoms with van der Waals surface area (Å²) in [5, 5.41) is 16.8. The summed E-state index contributed by atoms with van der Waals surface area (Å²) in [6.45, 7) is 7.43. The van der Waals surface area contributed by atoms with Crippen molar-refractivity contribution < 1.29 is 14.4 Å². The van der Waals surface area contributed by atoms with Gasteiger partial charge in [0.25, 0.3) is 0 Å². The molecule has 0 aliphatic carbocycles. The van der Waals surface area contributed by atoms with Crippen LogP contribution < -0.4 is 5.32 Å². The van der Waals surface area contributed by atoms with Crippen molar-refractivity contribution in [3.8, 4) is 0 Å². The quantitative estimate of drug-likeness (QED) is 0.894. The molecular weight excluding hydrogens is 256 g/mol. The molecule has 1 aromatic carbocycles. The number of aliphatic hydroxyl groups is 1. The maximum atomic E-state index is 12.0. The van der Waals surface area contributed by atoms with Crippen LogP contribution in [-0.2, 0) is 11.2 Å². The number of aliphatic hydroxyl groups excluding tert-OH is 1. The second kappa shape index (κ2) is 5.25. The van der Waals surface area contributed by atoms with Gasteiger partial charge in [0.05, 0.1) is 18.6 Å². The molecule has 0 atom stereocenters. The first-order valence-corrected chi connectivity index (χ1v) is 6.60. The topological polar surface area (TPSA) is 75.4 Å². The number of hydrogen-bond acceptors (Lipinski definition) is 4. The lowest BCUT2D eigenvalue weighted by atomic mass is 10.0. The highest BCUT2D eigenvalue weighted by atomic mass is 16.5. The summed E-state index contributed by atoms with van der Waals surface area (Å²) < 4.78 is 5.26. The molecule has 2 aromatic rings. The van der Waals surface area contributed by atoms with Crippen molar-refractivity contribution in [2.45, 2.75) is 39.7 Å². The van der Waals surface area contributed by atoms with Gasteiger partial charge in [0.1, 0.15) is 5.69 Å². The summed E-state index contributed by atoms with van der Waals surface area (Å²) in [4.78, 5) is 12.0. The van der Waals surface area contributed by atoms with Gasteiger partial charge in [-0.05, 0) is 51.0 Å². The molecule has 0 spiro atoms. The molecule has 2 rings (SSSR count). The Bertz CT molecular complexity index is 644. The van der Waals surface area contributed by atoms with E-state index in [1.54, 1.807) is 13.8 Å². The van der Waals surface area contributed by atoms with Crippen LogP contribution in [0.3, 0.4) is 0 Å². The van der Waals surface area contributed by atoms with E-state index < -0.39 is 5.54 Å². The lowest BCUT2D eigenvalue weighted by Crippen LogP contribution is -2.46. The van der Waals surface area contributed by atoms with E-state index in [4.69, 9.17) is 9.63 Å². The fraction of sp³-hybridized carbons (Fsp3) is 0.467. The molecule has 0 radical (unpaired) electrons. The van der Waals surface area contributed by atoms with E-state index in [2.05, 4.69) is 10.5 Å². The van der Waals surface area contributed by atoms with Crippen LogP contribution in [-0.4, -0.2) is 28.3 Å². The number of nitrogens with one attached hydrogen (secondary N) is 1. The number of nitrogens with zero attached hydrogens (tertiary/aromatic N) is 1. The van der Waals surface area contributed by atoms with Crippen LogP contribution in [0.25, 0.3) is 11.0 Å². The van der Waals surface area contributed by atoms with Crippen LogP contribution in [0, 0.1) is 13.8 Å². The van der Waals surface area contributed by atoms with Gasteiger partial charge in [-0.1, -0.05) is 5.16 Å². The third kappa shape index (κ3) is 2.99. The number of benzene rings is 1. The number of rotatable bonds is 4. The molecule has 0 aliphatic rings. The van der Waals surface area contributed by atoms with E-state index in [1.807, 2.05) is 26.0 Å². The van der Waals surface area contributed by atoms with Crippen molar-refractivity contribution in [2.24, 2.45) is 0 Å². The molecule has 0 bridgehead atoms. The van der Waals surface area contributed by atoms with E-state index in [1.165, 1.54) is 0 Å². The Hall–Kier alpha value is -1.88. The van der Waals surface area contributed by atoms with Gasteiger partial charge < -0.3 is 14.9 Å². The fourth-order valence-corrected chi connectivity index (χ4v) is 1.98. The van der Waals surface area contributed by atoms with E-state index >= 15 is 0 Å². The Morgan fingerprint density at radius 3 is 2.65 bits per heavy atom. The molecule has 20 heavy (non-hydrogen) atoms. The minimum Gasteiger partial charge on any atom is -0.394 e. The van der Waals surface area contributed by atoms with Gasteiger partial charge in [0.15, 0.2) is 5.58 Å². The van der Waals surface area contributed by atoms with Crippen molar-refractivity contribution in [2.75, 3.05) is 6.61 Å². The zero-order chi connectivity index (χ0) is 14.9. The Morgan fingerprint density at radius 1 is 1.35 bits per heavy atom. The zero-order valence-electron chi connectivity index (χ0n) is 12.3. The van der Waals surface area contributed by atoms with Crippen molar-refractivity contribution in [3.63, 3.8) is 0 Å².